The molecule has 0 fully saturated rings. The second-order valence-electron chi connectivity index (χ2n) is 4.41. The minimum Gasteiger partial charge on any atom is -0.298 e. The molecule has 96 valence electrons. The van der Waals surface area contributed by atoms with E-state index in [0.29, 0.717) is 12.0 Å². The van der Waals surface area contributed by atoms with Gasteiger partial charge in [-0.2, -0.15) is 5.26 Å². The number of hydrogen-bond donors (Lipinski definition) is 0. The molecule has 0 saturated heterocycles. The van der Waals surface area contributed by atoms with Crippen LogP contribution in [0.2, 0.25) is 5.02 Å². The lowest BCUT2D eigenvalue weighted by Crippen LogP contribution is -2.14. The summed E-state index contributed by atoms with van der Waals surface area (Å²) in [6, 6.07) is 5.69. The first kappa shape index (κ1) is 14.7. The summed E-state index contributed by atoms with van der Waals surface area (Å²) in [7, 11) is 0. The highest BCUT2D eigenvalue weighted by Crippen LogP contribution is 2.27. The molecule has 2 nitrogen and oxygen atoms in total. The SMILES string of the molecule is CCC(C)CC(=O)C(C#N)c1ccc(F)cc1Cl. The molecule has 0 saturated carbocycles. The van der Waals surface area contributed by atoms with Gasteiger partial charge in [-0.15, -0.1) is 0 Å². The average molecular weight is 268 g/mol. The van der Waals surface area contributed by atoms with Crippen LogP contribution in [0, 0.1) is 23.1 Å². The quantitative estimate of drug-likeness (QED) is 0.806. The summed E-state index contributed by atoms with van der Waals surface area (Å²) < 4.78 is 12.9. The number of carbonyl (C=O) groups excluding carboxylic acids is 1. The van der Waals surface area contributed by atoms with Gasteiger partial charge in [0.15, 0.2) is 5.78 Å². The third-order valence-corrected chi connectivity index (χ3v) is 3.30. The number of hydrogen-bond acceptors (Lipinski definition) is 2. The topological polar surface area (TPSA) is 40.9 Å². The van der Waals surface area contributed by atoms with Gasteiger partial charge in [0.1, 0.15) is 11.7 Å². The summed E-state index contributed by atoms with van der Waals surface area (Å²) in [6.07, 6.45) is 1.21. The van der Waals surface area contributed by atoms with Gasteiger partial charge in [-0.1, -0.05) is 37.9 Å². The number of carbonyl (C=O) groups is 1. The number of ketones is 1. The van der Waals surface area contributed by atoms with Crippen molar-refractivity contribution in [3.63, 3.8) is 0 Å². The van der Waals surface area contributed by atoms with E-state index in [1.165, 1.54) is 12.1 Å². The largest absolute Gasteiger partial charge is 0.298 e. The van der Waals surface area contributed by atoms with Crippen molar-refractivity contribution in [2.24, 2.45) is 5.92 Å². The molecule has 1 rings (SSSR count). The maximum Gasteiger partial charge on any atom is 0.154 e. The molecule has 0 N–H and O–H groups in total. The van der Waals surface area contributed by atoms with Crippen LogP contribution >= 0.6 is 11.6 Å². The molecule has 1 aromatic rings. The molecule has 0 aliphatic rings. The lowest BCUT2D eigenvalue weighted by atomic mass is 9.90. The standard InChI is InChI=1S/C14H15ClFNO/c1-3-9(2)6-14(18)12(8-17)11-5-4-10(16)7-13(11)15/h4-5,7,9,12H,3,6H2,1-2H3. The van der Waals surface area contributed by atoms with E-state index in [0.717, 1.165) is 12.5 Å². The molecule has 1 aromatic carbocycles. The van der Waals surface area contributed by atoms with Gasteiger partial charge in [-0.25, -0.2) is 4.39 Å². The Morgan fingerprint density at radius 1 is 1.56 bits per heavy atom. The second kappa shape index (κ2) is 6.51. The van der Waals surface area contributed by atoms with Gasteiger partial charge in [0.25, 0.3) is 0 Å². The Balaban J connectivity index is 2.96. The highest BCUT2D eigenvalue weighted by atomic mass is 35.5. The molecule has 0 spiro atoms. The minimum absolute atomic E-state index is 0.124. The van der Waals surface area contributed by atoms with Crippen molar-refractivity contribution in [3.8, 4) is 6.07 Å². The van der Waals surface area contributed by atoms with Crippen molar-refractivity contribution >= 4 is 17.4 Å². The van der Waals surface area contributed by atoms with Crippen molar-refractivity contribution in [2.75, 3.05) is 0 Å². The van der Waals surface area contributed by atoms with Crippen molar-refractivity contribution in [2.45, 2.75) is 32.6 Å². The van der Waals surface area contributed by atoms with Crippen LogP contribution in [0.15, 0.2) is 18.2 Å². The molecule has 2 atom stereocenters. The molecule has 0 aromatic heterocycles. The predicted octanol–water partition coefficient (Wildman–Crippen LogP) is 4.09. The third kappa shape index (κ3) is 3.54. The molecule has 4 heteroatoms. The van der Waals surface area contributed by atoms with Crippen LogP contribution in [0.3, 0.4) is 0 Å². The van der Waals surface area contributed by atoms with E-state index in [-0.39, 0.29) is 16.7 Å². The Kier molecular flexibility index (Phi) is 5.30. The molecule has 0 heterocycles. The highest BCUT2D eigenvalue weighted by molar-refractivity contribution is 6.31. The predicted molar refractivity (Wildman–Crippen MR) is 68.8 cm³/mol. The van der Waals surface area contributed by atoms with Crippen LogP contribution in [0.25, 0.3) is 0 Å². The van der Waals surface area contributed by atoms with Gasteiger partial charge in [-0.05, 0) is 23.6 Å². The summed E-state index contributed by atoms with van der Waals surface area (Å²) >= 11 is 5.87. The Hall–Kier alpha value is -1.40. The number of nitrogens with zero attached hydrogens (tertiary/aromatic N) is 1. The number of Topliss-reactive ketones (excluding diaryl/α,β-unsaturated/α-hetero) is 1. The molecule has 0 aliphatic carbocycles. The summed E-state index contributed by atoms with van der Waals surface area (Å²) in [4.78, 5) is 12.0. The summed E-state index contributed by atoms with van der Waals surface area (Å²) in [5.74, 6) is -1.32. The molecule has 18 heavy (non-hydrogen) atoms. The van der Waals surface area contributed by atoms with Gasteiger partial charge < -0.3 is 0 Å². The first-order valence-electron chi connectivity index (χ1n) is 5.86. The van der Waals surface area contributed by atoms with E-state index in [4.69, 9.17) is 16.9 Å². The van der Waals surface area contributed by atoms with Crippen LogP contribution in [0.1, 0.15) is 38.2 Å². The first-order chi connectivity index (χ1) is 8.49. The van der Waals surface area contributed by atoms with Gasteiger partial charge in [0.2, 0.25) is 0 Å². The van der Waals surface area contributed by atoms with Crippen LogP contribution in [0.4, 0.5) is 4.39 Å². The number of rotatable bonds is 5. The fraction of sp³-hybridized carbons (Fsp3) is 0.429. The molecule has 0 amide bonds. The van der Waals surface area contributed by atoms with E-state index in [1.807, 2.05) is 19.9 Å². The van der Waals surface area contributed by atoms with E-state index < -0.39 is 11.7 Å². The second-order valence-corrected chi connectivity index (χ2v) is 4.82. The zero-order valence-electron chi connectivity index (χ0n) is 10.4. The fourth-order valence-electron chi connectivity index (χ4n) is 1.66. The van der Waals surface area contributed by atoms with Gasteiger partial charge >= 0.3 is 0 Å². The van der Waals surface area contributed by atoms with E-state index >= 15 is 0 Å². The highest BCUT2D eigenvalue weighted by Gasteiger charge is 2.23. The summed E-state index contributed by atoms with van der Waals surface area (Å²) in [5.41, 5.74) is 0.383. The van der Waals surface area contributed by atoms with Crippen molar-refractivity contribution in [3.05, 3.63) is 34.6 Å². The van der Waals surface area contributed by atoms with Crippen molar-refractivity contribution in [1.29, 1.82) is 5.26 Å². The van der Waals surface area contributed by atoms with Crippen molar-refractivity contribution in [1.82, 2.24) is 0 Å². The normalized spacial score (nSPS) is 13.7. The van der Waals surface area contributed by atoms with Gasteiger partial charge in [0.05, 0.1) is 6.07 Å². The number of halogens is 2. The maximum atomic E-state index is 12.9. The number of nitriles is 1. The smallest absolute Gasteiger partial charge is 0.154 e. The Morgan fingerprint density at radius 2 is 2.22 bits per heavy atom. The molecule has 0 bridgehead atoms. The zero-order valence-corrected chi connectivity index (χ0v) is 11.2. The molecule has 2 unspecified atom stereocenters. The van der Waals surface area contributed by atoms with E-state index in [2.05, 4.69) is 0 Å². The first-order valence-corrected chi connectivity index (χ1v) is 6.24. The molecule has 0 aliphatic heterocycles. The summed E-state index contributed by atoms with van der Waals surface area (Å²) in [6.45, 7) is 3.95. The van der Waals surface area contributed by atoms with Gasteiger partial charge in [0, 0.05) is 11.4 Å². The lowest BCUT2D eigenvalue weighted by molar-refractivity contribution is -0.120. The monoisotopic (exact) mass is 267 g/mol. The van der Waals surface area contributed by atoms with Crippen LogP contribution in [0.5, 0.6) is 0 Å². The molecular formula is C14H15ClFNO. The average Bonchev–Trinajstić information content (AvgIpc) is 2.32. The number of benzene rings is 1. The molecular weight excluding hydrogens is 253 g/mol. The van der Waals surface area contributed by atoms with Crippen LogP contribution in [-0.2, 0) is 4.79 Å². The van der Waals surface area contributed by atoms with Crippen LogP contribution in [-0.4, -0.2) is 5.78 Å². The van der Waals surface area contributed by atoms with E-state index in [9.17, 15) is 9.18 Å². The lowest BCUT2D eigenvalue weighted by Gasteiger charge is -2.13. The van der Waals surface area contributed by atoms with Crippen LogP contribution < -0.4 is 0 Å². The maximum absolute atomic E-state index is 12.9. The third-order valence-electron chi connectivity index (χ3n) is 2.97. The van der Waals surface area contributed by atoms with Gasteiger partial charge in [-0.3, -0.25) is 4.79 Å². The Labute approximate surface area is 111 Å². The molecule has 0 radical (unpaired) electrons. The summed E-state index contributed by atoms with van der Waals surface area (Å²) in [5, 5.41) is 9.23. The van der Waals surface area contributed by atoms with Crippen molar-refractivity contribution < 1.29 is 9.18 Å². The Bertz CT molecular complexity index is 481. The minimum atomic E-state index is -0.910. The Morgan fingerprint density at radius 3 is 2.72 bits per heavy atom. The fourth-order valence-corrected chi connectivity index (χ4v) is 1.93. The van der Waals surface area contributed by atoms with E-state index in [1.54, 1.807) is 0 Å². The zero-order chi connectivity index (χ0) is 13.7.